The van der Waals surface area contributed by atoms with Gasteiger partial charge in [0.1, 0.15) is 5.75 Å². The van der Waals surface area contributed by atoms with Crippen molar-refractivity contribution in [2.75, 3.05) is 7.11 Å². The van der Waals surface area contributed by atoms with Crippen LogP contribution in [0.2, 0.25) is 5.02 Å². The first kappa shape index (κ1) is 16.4. The predicted octanol–water partition coefficient (Wildman–Crippen LogP) is 4.32. The molecule has 0 bridgehead atoms. The average Bonchev–Trinajstić information content (AvgIpc) is 2.53. The monoisotopic (exact) mass is 318 g/mol. The van der Waals surface area contributed by atoms with Gasteiger partial charge in [-0.05, 0) is 41.7 Å². The van der Waals surface area contributed by atoms with Gasteiger partial charge in [0.25, 0.3) is 0 Å². The molecule has 0 aliphatic carbocycles. The molecule has 2 aromatic rings. The zero-order valence-corrected chi connectivity index (χ0v) is 13.4. The molecule has 0 radical (unpaired) electrons. The van der Waals surface area contributed by atoms with Crippen molar-refractivity contribution >= 4 is 17.6 Å². The summed E-state index contributed by atoms with van der Waals surface area (Å²) in [5.41, 5.74) is 2.61. The van der Waals surface area contributed by atoms with E-state index in [0.717, 1.165) is 28.9 Å². The Labute approximate surface area is 135 Å². The van der Waals surface area contributed by atoms with Gasteiger partial charge in [-0.3, -0.25) is 4.79 Å². The molecule has 0 aliphatic heterocycles. The summed E-state index contributed by atoms with van der Waals surface area (Å²) in [6.45, 7) is 2.02. The first-order chi connectivity index (χ1) is 10.6. The number of carboxylic acid groups (broad SMARTS) is 1. The van der Waals surface area contributed by atoms with Crippen molar-refractivity contribution in [2.24, 2.45) is 0 Å². The summed E-state index contributed by atoms with van der Waals surface area (Å²) in [5.74, 6) is -0.698. The predicted molar refractivity (Wildman–Crippen MR) is 87.9 cm³/mol. The minimum Gasteiger partial charge on any atom is -0.496 e. The Morgan fingerprint density at radius 1 is 1.23 bits per heavy atom. The van der Waals surface area contributed by atoms with E-state index in [1.54, 1.807) is 13.2 Å². The quantitative estimate of drug-likeness (QED) is 0.862. The molecule has 0 aliphatic rings. The fraction of sp³-hybridized carbons (Fsp3) is 0.278. The van der Waals surface area contributed by atoms with Gasteiger partial charge < -0.3 is 9.84 Å². The second-order valence-corrected chi connectivity index (χ2v) is 5.52. The Morgan fingerprint density at radius 3 is 2.55 bits per heavy atom. The van der Waals surface area contributed by atoms with E-state index in [0.29, 0.717) is 11.4 Å². The summed E-state index contributed by atoms with van der Waals surface area (Å²) in [7, 11) is 1.62. The number of hydrogen-bond donors (Lipinski definition) is 1. The number of benzene rings is 2. The molecule has 1 atom stereocenters. The summed E-state index contributed by atoms with van der Waals surface area (Å²) in [4.78, 5) is 11.7. The van der Waals surface area contributed by atoms with Crippen LogP contribution < -0.4 is 4.74 Å². The van der Waals surface area contributed by atoms with Gasteiger partial charge in [-0.25, -0.2) is 0 Å². The van der Waals surface area contributed by atoms with E-state index >= 15 is 0 Å². The number of ether oxygens (including phenoxy) is 1. The van der Waals surface area contributed by atoms with Crippen LogP contribution in [0.4, 0.5) is 0 Å². The third-order valence-electron chi connectivity index (χ3n) is 3.77. The molecular formula is C18H19ClO3. The zero-order valence-electron chi connectivity index (χ0n) is 12.7. The van der Waals surface area contributed by atoms with Crippen LogP contribution in [0.3, 0.4) is 0 Å². The number of methoxy groups -OCH3 is 1. The summed E-state index contributed by atoms with van der Waals surface area (Å²) < 4.78 is 5.30. The van der Waals surface area contributed by atoms with Crippen LogP contribution in [0.25, 0.3) is 0 Å². The van der Waals surface area contributed by atoms with Gasteiger partial charge in [0.15, 0.2) is 0 Å². The maximum Gasteiger partial charge on any atom is 0.311 e. The number of aliphatic carboxylic acids is 1. The van der Waals surface area contributed by atoms with Crippen molar-refractivity contribution in [3.05, 3.63) is 64.2 Å². The Hall–Kier alpha value is -2.00. The van der Waals surface area contributed by atoms with E-state index in [4.69, 9.17) is 16.3 Å². The zero-order chi connectivity index (χ0) is 16.1. The van der Waals surface area contributed by atoms with E-state index < -0.39 is 11.9 Å². The van der Waals surface area contributed by atoms with Gasteiger partial charge in [0.05, 0.1) is 13.0 Å². The van der Waals surface area contributed by atoms with Gasteiger partial charge >= 0.3 is 5.97 Å². The third-order valence-corrected chi connectivity index (χ3v) is 4.14. The molecule has 2 rings (SSSR count). The lowest BCUT2D eigenvalue weighted by Gasteiger charge is -2.16. The molecule has 0 heterocycles. The maximum atomic E-state index is 11.7. The van der Waals surface area contributed by atoms with Gasteiger partial charge in [0.2, 0.25) is 0 Å². The van der Waals surface area contributed by atoms with Crippen LogP contribution in [0.1, 0.15) is 29.5 Å². The Morgan fingerprint density at radius 2 is 1.95 bits per heavy atom. The topological polar surface area (TPSA) is 46.5 Å². The first-order valence-corrected chi connectivity index (χ1v) is 7.57. The van der Waals surface area contributed by atoms with E-state index in [1.807, 2.05) is 43.3 Å². The number of rotatable bonds is 6. The second kappa shape index (κ2) is 7.32. The highest BCUT2D eigenvalue weighted by Gasteiger charge is 2.22. The molecule has 0 spiro atoms. The highest BCUT2D eigenvalue weighted by atomic mass is 35.5. The van der Waals surface area contributed by atoms with Crippen molar-refractivity contribution < 1.29 is 14.6 Å². The summed E-state index contributed by atoms with van der Waals surface area (Å²) in [6.07, 6.45) is 1.15. The van der Waals surface area contributed by atoms with Crippen molar-refractivity contribution in [3.8, 4) is 5.75 Å². The minimum atomic E-state index is -0.855. The van der Waals surface area contributed by atoms with E-state index in [9.17, 15) is 9.90 Å². The molecular weight excluding hydrogens is 300 g/mol. The SMILES string of the molecule is CCc1cc(C(Cc2ccccc2Cl)C(=O)O)ccc1OC. The second-order valence-electron chi connectivity index (χ2n) is 5.11. The number of aryl methyl sites for hydroxylation is 1. The third kappa shape index (κ3) is 3.60. The van der Waals surface area contributed by atoms with Crippen molar-refractivity contribution in [1.29, 1.82) is 0 Å². The fourth-order valence-corrected chi connectivity index (χ4v) is 2.74. The molecule has 0 amide bonds. The Kier molecular flexibility index (Phi) is 5.45. The smallest absolute Gasteiger partial charge is 0.311 e. The molecule has 0 saturated heterocycles. The summed E-state index contributed by atoms with van der Waals surface area (Å²) in [6, 6.07) is 12.9. The van der Waals surface area contributed by atoms with Crippen LogP contribution >= 0.6 is 11.6 Å². The van der Waals surface area contributed by atoms with Gasteiger partial charge in [-0.15, -0.1) is 0 Å². The molecule has 4 heteroatoms. The lowest BCUT2D eigenvalue weighted by atomic mass is 9.90. The highest BCUT2D eigenvalue weighted by Crippen LogP contribution is 2.29. The average molecular weight is 319 g/mol. The Balaban J connectivity index is 2.36. The lowest BCUT2D eigenvalue weighted by molar-refractivity contribution is -0.138. The summed E-state index contributed by atoms with van der Waals surface area (Å²) >= 11 is 6.15. The largest absolute Gasteiger partial charge is 0.496 e. The number of hydrogen-bond acceptors (Lipinski definition) is 2. The van der Waals surface area contributed by atoms with Crippen LogP contribution in [-0.2, 0) is 17.6 Å². The number of halogens is 1. The molecule has 2 aromatic carbocycles. The Bertz CT molecular complexity index is 667. The van der Waals surface area contributed by atoms with Gasteiger partial charge in [-0.1, -0.05) is 48.9 Å². The lowest BCUT2D eigenvalue weighted by Crippen LogP contribution is -2.15. The minimum absolute atomic E-state index is 0.366. The van der Waals surface area contributed by atoms with Crippen LogP contribution in [0.15, 0.2) is 42.5 Å². The molecule has 1 unspecified atom stereocenters. The van der Waals surface area contributed by atoms with E-state index in [1.165, 1.54) is 0 Å². The molecule has 0 fully saturated rings. The van der Waals surface area contributed by atoms with Crippen LogP contribution in [0, 0.1) is 0 Å². The highest BCUT2D eigenvalue weighted by molar-refractivity contribution is 6.31. The van der Waals surface area contributed by atoms with E-state index in [2.05, 4.69) is 0 Å². The molecule has 0 aromatic heterocycles. The number of carbonyl (C=O) groups is 1. The van der Waals surface area contributed by atoms with Crippen molar-refractivity contribution in [1.82, 2.24) is 0 Å². The maximum absolute atomic E-state index is 11.7. The molecule has 3 nitrogen and oxygen atoms in total. The fourth-order valence-electron chi connectivity index (χ4n) is 2.52. The molecule has 0 saturated carbocycles. The van der Waals surface area contributed by atoms with Crippen LogP contribution in [-0.4, -0.2) is 18.2 Å². The van der Waals surface area contributed by atoms with Crippen LogP contribution in [0.5, 0.6) is 5.75 Å². The number of carboxylic acids is 1. The normalized spacial score (nSPS) is 12.0. The van der Waals surface area contributed by atoms with E-state index in [-0.39, 0.29) is 0 Å². The van der Waals surface area contributed by atoms with Gasteiger partial charge in [0, 0.05) is 5.02 Å². The van der Waals surface area contributed by atoms with Gasteiger partial charge in [-0.2, -0.15) is 0 Å². The molecule has 1 N–H and O–H groups in total. The molecule has 116 valence electrons. The molecule has 22 heavy (non-hydrogen) atoms. The first-order valence-electron chi connectivity index (χ1n) is 7.19. The van der Waals surface area contributed by atoms with Crippen molar-refractivity contribution in [2.45, 2.75) is 25.7 Å². The standard InChI is InChI=1S/C18H19ClO3/c1-3-12-10-13(8-9-17(12)22-2)15(18(20)21)11-14-6-4-5-7-16(14)19/h4-10,15H,3,11H2,1-2H3,(H,20,21). The summed E-state index contributed by atoms with van der Waals surface area (Å²) in [5, 5.41) is 10.2. The van der Waals surface area contributed by atoms with Crippen molar-refractivity contribution in [3.63, 3.8) is 0 Å².